The van der Waals surface area contributed by atoms with Crippen LogP contribution in [0.5, 0.6) is 11.5 Å². The molecule has 3 aromatic rings. The standard InChI is InChI=1S/C19H15N3O5/c1-25-17-11-13(12-21-22-18(23)14-6-8-20-9-7-14)4-5-15(17)27-19(24)16-3-2-10-26-16/h2-12H,1H3,(H,22,23)/b21-12-. The lowest BCUT2D eigenvalue weighted by Gasteiger charge is -2.09. The number of furan rings is 1. The van der Waals surface area contributed by atoms with Gasteiger partial charge in [-0.05, 0) is 48.0 Å². The molecule has 136 valence electrons. The Bertz CT molecular complexity index is 953. The summed E-state index contributed by atoms with van der Waals surface area (Å²) < 4.78 is 15.5. The third-order valence-corrected chi connectivity index (χ3v) is 3.43. The molecule has 2 heterocycles. The van der Waals surface area contributed by atoms with Gasteiger partial charge in [0.15, 0.2) is 11.5 Å². The molecule has 2 aromatic heterocycles. The molecule has 0 aliphatic rings. The van der Waals surface area contributed by atoms with Crippen LogP contribution >= 0.6 is 0 Å². The molecular weight excluding hydrogens is 350 g/mol. The van der Waals surface area contributed by atoms with Gasteiger partial charge in [0.1, 0.15) is 0 Å². The second-order valence-corrected chi connectivity index (χ2v) is 5.21. The van der Waals surface area contributed by atoms with E-state index >= 15 is 0 Å². The summed E-state index contributed by atoms with van der Waals surface area (Å²) in [5.74, 6) is -0.341. The van der Waals surface area contributed by atoms with Crippen LogP contribution in [-0.4, -0.2) is 30.2 Å². The maximum atomic E-state index is 12.0. The molecule has 0 atom stereocenters. The lowest BCUT2D eigenvalue weighted by Crippen LogP contribution is -2.17. The van der Waals surface area contributed by atoms with Crippen LogP contribution in [0.15, 0.2) is 70.6 Å². The van der Waals surface area contributed by atoms with E-state index in [1.165, 1.54) is 38.0 Å². The molecule has 0 fully saturated rings. The van der Waals surface area contributed by atoms with Crippen molar-refractivity contribution in [1.29, 1.82) is 0 Å². The first kappa shape index (κ1) is 17.9. The number of carbonyl (C=O) groups excluding carboxylic acids is 2. The molecule has 0 bridgehead atoms. The van der Waals surface area contributed by atoms with E-state index in [1.807, 2.05) is 0 Å². The molecule has 0 aliphatic heterocycles. The van der Waals surface area contributed by atoms with Gasteiger partial charge in [-0.2, -0.15) is 5.10 Å². The van der Waals surface area contributed by atoms with Gasteiger partial charge < -0.3 is 13.9 Å². The minimum Gasteiger partial charge on any atom is -0.493 e. The summed E-state index contributed by atoms with van der Waals surface area (Å²) in [6, 6.07) is 11.1. The molecule has 0 radical (unpaired) electrons. The summed E-state index contributed by atoms with van der Waals surface area (Å²) >= 11 is 0. The molecule has 27 heavy (non-hydrogen) atoms. The first-order valence-electron chi connectivity index (χ1n) is 7.84. The Kier molecular flexibility index (Phi) is 5.58. The number of ether oxygens (including phenoxy) is 2. The summed E-state index contributed by atoms with van der Waals surface area (Å²) in [5, 5.41) is 3.90. The number of amides is 1. The third kappa shape index (κ3) is 4.57. The third-order valence-electron chi connectivity index (χ3n) is 3.43. The van der Waals surface area contributed by atoms with Crippen molar-refractivity contribution in [2.75, 3.05) is 7.11 Å². The van der Waals surface area contributed by atoms with Crippen LogP contribution in [0.2, 0.25) is 0 Å². The molecule has 0 unspecified atom stereocenters. The molecule has 0 spiro atoms. The van der Waals surface area contributed by atoms with Gasteiger partial charge in [-0.1, -0.05) is 0 Å². The Morgan fingerprint density at radius 1 is 1.15 bits per heavy atom. The first-order chi connectivity index (χ1) is 13.2. The number of benzene rings is 1. The van der Waals surface area contributed by atoms with Crippen molar-refractivity contribution in [1.82, 2.24) is 10.4 Å². The maximum absolute atomic E-state index is 12.0. The highest BCUT2D eigenvalue weighted by Crippen LogP contribution is 2.28. The quantitative estimate of drug-likeness (QED) is 0.312. The SMILES string of the molecule is COc1cc(/C=N\NC(=O)c2ccncc2)ccc1OC(=O)c1ccco1. The number of rotatable bonds is 6. The highest BCUT2D eigenvalue weighted by Gasteiger charge is 2.14. The number of hydrogen-bond donors (Lipinski definition) is 1. The number of carbonyl (C=O) groups is 2. The Labute approximate surface area is 154 Å². The number of pyridine rings is 1. The molecule has 0 aliphatic carbocycles. The van der Waals surface area contributed by atoms with E-state index in [0.29, 0.717) is 16.9 Å². The fraction of sp³-hybridized carbons (Fsp3) is 0.0526. The molecule has 8 heteroatoms. The van der Waals surface area contributed by atoms with Gasteiger partial charge >= 0.3 is 5.97 Å². The number of aromatic nitrogens is 1. The van der Waals surface area contributed by atoms with Crippen molar-refractivity contribution in [3.63, 3.8) is 0 Å². The fourth-order valence-corrected chi connectivity index (χ4v) is 2.13. The van der Waals surface area contributed by atoms with Gasteiger partial charge in [0, 0.05) is 18.0 Å². The molecule has 0 saturated carbocycles. The van der Waals surface area contributed by atoms with Gasteiger partial charge in [-0.15, -0.1) is 0 Å². The molecule has 0 saturated heterocycles. The Hall–Kier alpha value is -3.94. The van der Waals surface area contributed by atoms with Gasteiger partial charge in [0.2, 0.25) is 5.76 Å². The van der Waals surface area contributed by atoms with Crippen LogP contribution in [0.3, 0.4) is 0 Å². The predicted molar refractivity (Wildman–Crippen MR) is 96.0 cm³/mol. The minimum absolute atomic E-state index is 0.0847. The van der Waals surface area contributed by atoms with E-state index < -0.39 is 5.97 Å². The van der Waals surface area contributed by atoms with Gasteiger partial charge in [0.25, 0.3) is 5.91 Å². The van der Waals surface area contributed by atoms with E-state index in [-0.39, 0.29) is 17.4 Å². The minimum atomic E-state index is -0.635. The molecule has 3 rings (SSSR count). The summed E-state index contributed by atoms with van der Waals surface area (Å²) in [7, 11) is 1.45. The number of hydrazone groups is 1. The lowest BCUT2D eigenvalue weighted by molar-refractivity contribution is 0.0696. The Morgan fingerprint density at radius 3 is 2.67 bits per heavy atom. The Balaban J connectivity index is 1.66. The maximum Gasteiger partial charge on any atom is 0.379 e. The second-order valence-electron chi connectivity index (χ2n) is 5.21. The van der Waals surface area contributed by atoms with E-state index in [4.69, 9.17) is 13.9 Å². The zero-order valence-corrected chi connectivity index (χ0v) is 14.3. The van der Waals surface area contributed by atoms with Gasteiger partial charge in [-0.3, -0.25) is 9.78 Å². The van der Waals surface area contributed by atoms with Crippen molar-refractivity contribution in [2.24, 2.45) is 5.10 Å². The number of methoxy groups -OCH3 is 1. The molecule has 1 N–H and O–H groups in total. The molecular formula is C19H15N3O5. The topological polar surface area (TPSA) is 103 Å². The smallest absolute Gasteiger partial charge is 0.379 e. The van der Waals surface area contributed by atoms with E-state index in [0.717, 1.165) is 0 Å². The van der Waals surface area contributed by atoms with E-state index in [9.17, 15) is 9.59 Å². The summed E-state index contributed by atoms with van der Waals surface area (Å²) in [6.45, 7) is 0. The van der Waals surface area contributed by atoms with Crippen molar-refractivity contribution >= 4 is 18.1 Å². The molecule has 1 amide bonds. The van der Waals surface area contributed by atoms with E-state index in [1.54, 1.807) is 36.4 Å². The van der Waals surface area contributed by atoms with Crippen LogP contribution in [0.4, 0.5) is 0 Å². The average molecular weight is 365 g/mol. The van der Waals surface area contributed by atoms with Crippen LogP contribution in [0.1, 0.15) is 26.5 Å². The summed E-state index contributed by atoms with van der Waals surface area (Å²) in [5.41, 5.74) is 3.50. The number of esters is 1. The highest BCUT2D eigenvalue weighted by atomic mass is 16.6. The van der Waals surface area contributed by atoms with Crippen molar-refractivity contribution in [3.8, 4) is 11.5 Å². The van der Waals surface area contributed by atoms with Crippen LogP contribution in [0, 0.1) is 0 Å². The van der Waals surface area contributed by atoms with E-state index in [2.05, 4.69) is 15.5 Å². The first-order valence-corrected chi connectivity index (χ1v) is 7.84. The van der Waals surface area contributed by atoms with Crippen LogP contribution in [-0.2, 0) is 0 Å². The monoisotopic (exact) mass is 365 g/mol. The van der Waals surface area contributed by atoms with Gasteiger partial charge in [0.05, 0.1) is 19.6 Å². The zero-order valence-electron chi connectivity index (χ0n) is 14.3. The van der Waals surface area contributed by atoms with Crippen LogP contribution < -0.4 is 14.9 Å². The average Bonchev–Trinajstić information content (AvgIpc) is 3.24. The summed E-state index contributed by atoms with van der Waals surface area (Å²) in [6.07, 6.45) is 5.87. The predicted octanol–water partition coefficient (Wildman–Crippen LogP) is 2.67. The summed E-state index contributed by atoms with van der Waals surface area (Å²) in [4.78, 5) is 27.7. The fourth-order valence-electron chi connectivity index (χ4n) is 2.13. The zero-order chi connectivity index (χ0) is 19.1. The number of nitrogens with one attached hydrogen (secondary N) is 1. The highest BCUT2D eigenvalue weighted by molar-refractivity contribution is 5.94. The number of hydrogen-bond acceptors (Lipinski definition) is 7. The Morgan fingerprint density at radius 2 is 1.96 bits per heavy atom. The van der Waals surface area contributed by atoms with Crippen molar-refractivity contribution in [2.45, 2.75) is 0 Å². The second kappa shape index (κ2) is 8.43. The van der Waals surface area contributed by atoms with Gasteiger partial charge in [-0.25, -0.2) is 10.2 Å². The number of nitrogens with zero attached hydrogens (tertiary/aromatic N) is 2. The normalized spacial score (nSPS) is 10.6. The van der Waals surface area contributed by atoms with Crippen molar-refractivity contribution < 1.29 is 23.5 Å². The van der Waals surface area contributed by atoms with Crippen LogP contribution in [0.25, 0.3) is 0 Å². The lowest BCUT2D eigenvalue weighted by atomic mass is 10.2. The molecule has 8 nitrogen and oxygen atoms in total. The largest absolute Gasteiger partial charge is 0.493 e. The molecule has 1 aromatic carbocycles. The van der Waals surface area contributed by atoms with Crippen molar-refractivity contribution in [3.05, 3.63) is 78.0 Å².